The van der Waals surface area contributed by atoms with Crippen molar-refractivity contribution in [2.45, 2.75) is 31.7 Å². The van der Waals surface area contributed by atoms with E-state index >= 15 is 0 Å². The van der Waals surface area contributed by atoms with E-state index in [2.05, 4.69) is 21.9 Å². The van der Waals surface area contributed by atoms with Crippen molar-refractivity contribution in [2.24, 2.45) is 0 Å². The highest BCUT2D eigenvalue weighted by Gasteiger charge is 2.16. The van der Waals surface area contributed by atoms with Gasteiger partial charge in [0.05, 0.1) is 15.9 Å². The van der Waals surface area contributed by atoms with Gasteiger partial charge >= 0.3 is 0 Å². The minimum atomic E-state index is -3.54. The lowest BCUT2D eigenvalue weighted by Gasteiger charge is -2.09. The molecule has 1 heterocycles. The van der Waals surface area contributed by atoms with Crippen LogP contribution in [0, 0.1) is 0 Å². The Morgan fingerprint density at radius 1 is 1.07 bits per heavy atom. The van der Waals surface area contributed by atoms with E-state index in [-0.39, 0.29) is 10.8 Å². The monoisotopic (exact) mass is 386 g/mol. The minimum absolute atomic E-state index is 0.124. The summed E-state index contributed by atoms with van der Waals surface area (Å²) in [5, 5.41) is 2.83. The molecule has 0 unspecified atom stereocenters. The first kappa shape index (κ1) is 19.1. The molecule has 0 aliphatic carbocycles. The molecule has 0 saturated carbocycles. The van der Waals surface area contributed by atoms with Crippen LogP contribution in [0.3, 0.4) is 0 Å². The second kappa shape index (κ2) is 7.89. The number of anilines is 1. The van der Waals surface area contributed by atoms with Gasteiger partial charge in [0.25, 0.3) is 5.91 Å². The van der Waals surface area contributed by atoms with Crippen molar-refractivity contribution in [3.8, 4) is 0 Å². The van der Waals surface area contributed by atoms with Crippen LogP contribution in [0.25, 0.3) is 11.0 Å². The number of amides is 1. The van der Waals surface area contributed by atoms with Crippen molar-refractivity contribution in [3.63, 3.8) is 0 Å². The molecule has 2 N–H and O–H groups in total. The first-order valence-corrected chi connectivity index (χ1v) is 10.3. The summed E-state index contributed by atoms with van der Waals surface area (Å²) in [6, 6.07) is 13.5. The number of hydrogen-bond donors (Lipinski definition) is 2. The average Bonchev–Trinajstić information content (AvgIpc) is 2.99. The van der Waals surface area contributed by atoms with Crippen molar-refractivity contribution in [2.75, 3.05) is 11.9 Å². The predicted octanol–water partition coefficient (Wildman–Crippen LogP) is 3.00. The van der Waals surface area contributed by atoms with Crippen LogP contribution in [0.2, 0.25) is 0 Å². The van der Waals surface area contributed by atoms with E-state index in [0.717, 1.165) is 24.0 Å². The zero-order chi connectivity index (χ0) is 19.4. The van der Waals surface area contributed by atoms with E-state index in [1.165, 1.54) is 24.3 Å². The summed E-state index contributed by atoms with van der Waals surface area (Å²) in [5.74, 6) is 0.141. The van der Waals surface area contributed by atoms with Gasteiger partial charge in [0, 0.05) is 18.7 Å². The summed E-state index contributed by atoms with van der Waals surface area (Å²) >= 11 is 0. The molecule has 0 saturated heterocycles. The number of fused-ring (bicyclic) bond motifs is 1. The minimum Gasteiger partial charge on any atom is -0.310 e. The first-order chi connectivity index (χ1) is 13.0. The van der Waals surface area contributed by atoms with E-state index in [9.17, 15) is 13.2 Å². The maximum atomic E-state index is 12.6. The molecule has 1 aromatic heterocycles. The maximum Gasteiger partial charge on any atom is 0.257 e. The Hall–Kier alpha value is -2.71. The Balaban J connectivity index is 1.85. The maximum absolute atomic E-state index is 12.6. The lowest BCUT2D eigenvalue weighted by Crippen LogP contribution is -2.23. The van der Waals surface area contributed by atoms with Gasteiger partial charge in [-0.3, -0.25) is 10.1 Å². The van der Waals surface area contributed by atoms with E-state index < -0.39 is 10.0 Å². The molecule has 0 aliphatic heterocycles. The number of carbonyl (C=O) groups is 1. The molecule has 3 aromatic rings. The summed E-state index contributed by atoms with van der Waals surface area (Å²) in [5.41, 5.74) is 2.13. The average molecular weight is 386 g/mol. The van der Waals surface area contributed by atoms with Gasteiger partial charge in [0.1, 0.15) is 0 Å². The smallest absolute Gasteiger partial charge is 0.257 e. The van der Waals surface area contributed by atoms with Crippen LogP contribution < -0.4 is 10.0 Å². The molecule has 2 aromatic carbocycles. The third-order valence-electron chi connectivity index (χ3n) is 4.09. The number of aromatic nitrogens is 2. The number of imidazole rings is 1. The van der Waals surface area contributed by atoms with Crippen molar-refractivity contribution >= 4 is 32.9 Å². The third-order valence-corrected chi connectivity index (χ3v) is 5.65. The van der Waals surface area contributed by atoms with Gasteiger partial charge in [-0.15, -0.1) is 0 Å². The molecule has 0 fully saturated rings. The zero-order valence-electron chi connectivity index (χ0n) is 15.3. The second-order valence-corrected chi connectivity index (χ2v) is 7.82. The van der Waals surface area contributed by atoms with Gasteiger partial charge in [-0.05, 0) is 42.8 Å². The van der Waals surface area contributed by atoms with Gasteiger partial charge in [-0.2, -0.15) is 0 Å². The third kappa shape index (κ3) is 4.01. The molecule has 8 heteroatoms. The Labute approximate surface area is 158 Å². The first-order valence-electron chi connectivity index (χ1n) is 8.82. The van der Waals surface area contributed by atoms with Crippen LogP contribution in [-0.4, -0.2) is 30.4 Å². The number of hydrogen-bond acceptors (Lipinski definition) is 4. The van der Waals surface area contributed by atoms with E-state index in [4.69, 9.17) is 0 Å². The highest BCUT2D eigenvalue weighted by atomic mass is 32.2. The molecule has 27 heavy (non-hydrogen) atoms. The standard InChI is InChI=1S/C19H22N4O3S/c1-3-13-23-17-8-6-5-7-16(17)21-19(23)22-18(24)14-9-11-15(12-10-14)27(25,26)20-4-2/h5-12,20H,3-4,13H2,1-2H3,(H,21,22,24). The fraction of sp³-hybridized carbons (Fsp3) is 0.263. The molecule has 7 nitrogen and oxygen atoms in total. The van der Waals surface area contributed by atoms with Crippen LogP contribution in [0.5, 0.6) is 0 Å². The van der Waals surface area contributed by atoms with Gasteiger partial charge in [0.15, 0.2) is 0 Å². The molecule has 0 radical (unpaired) electrons. The number of carbonyl (C=O) groups excluding carboxylic acids is 1. The van der Waals surface area contributed by atoms with E-state index in [1.54, 1.807) is 6.92 Å². The van der Waals surface area contributed by atoms with Crippen molar-refractivity contribution in [3.05, 3.63) is 54.1 Å². The van der Waals surface area contributed by atoms with Gasteiger partial charge in [0.2, 0.25) is 16.0 Å². The van der Waals surface area contributed by atoms with Crippen LogP contribution in [-0.2, 0) is 16.6 Å². The lowest BCUT2D eigenvalue weighted by molar-refractivity contribution is 0.102. The van der Waals surface area contributed by atoms with Crippen molar-refractivity contribution in [1.82, 2.24) is 14.3 Å². The van der Waals surface area contributed by atoms with E-state index in [1.807, 2.05) is 28.8 Å². The van der Waals surface area contributed by atoms with Crippen molar-refractivity contribution < 1.29 is 13.2 Å². The second-order valence-electron chi connectivity index (χ2n) is 6.06. The number of nitrogens with zero attached hydrogens (tertiary/aromatic N) is 2. The summed E-state index contributed by atoms with van der Waals surface area (Å²) in [6.07, 6.45) is 0.903. The van der Waals surface area contributed by atoms with Crippen LogP contribution in [0.1, 0.15) is 30.6 Å². The Morgan fingerprint density at radius 3 is 2.44 bits per heavy atom. The van der Waals surface area contributed by atoms with Gasteiger partial charge in [-0.25, -0.2) is 18.1 Å². The highest BCUT2D eigenvalue weighted by molar-refractivity contribution is 7.89. The highest BCUT2D eigenvalue weighted by Crippen LogP contribution is 2.21. The molecular weight excluding hydrogens is 364 g/mol. The Bertz CT molecular complexity index is 1060. The molecule has 0 spiro atoms. The largest absolute Gasteiger partial charge is 0.310 e. The summed E-state index contributed by atoms with van der Waals surface area (Å²) in [4.78, 5) is 17.2. The zero-order valence-corrected chi connectivity index (χ0v) is 16.1. The molecular formula is C19H22N4O3S. The Kier molecular flexibility index (Phi) is 5.57. The number of nitrogens with one attached hydrogen (secondary N) is 2. The number of aryl methyl sites for hydroxylation is 1. The fourth-order valence-electron chi connectivity index (χ4n) is 2.85. The topological polar surface area (TPSA) is 93.1 Å². The van der Waals surface area contributed by atoms with Crippen molar-refractivity contribution in [1.29, 1.82) is 0 Å². The summed E-state index contributed by atoms with van der Waals surface area (Å²) < 4.78 is 28.4. The number of sulfonamides is 1. The molecule has 3 rings (SSSR count). The predicted molar refractivity (Wildman–Crippen MR) is 105 cm³/mol. The van der Waals surface area contributed by atoms with Crippen LogP contribution >= 0.6 is 0 Å². The molecule has 0 bridgehead atoms. The number of para-hydroxylation sites is 2. The number of rotatable bonds is 7. The Morgan fingerprint density at radius 2 is 1.78 bits per heavy atom. The summed E-state index contributed by atoms with van der Waals surface area (Å²) in [7, 11) is -3.54. The van der Waals surface area contributed by atoms with Crippen LogP contribution in [0.15, 0.2) is 53.4 Å². The molecule has 142 valence electrons. The van der Waals surface area contributed by atoms with Crippen LogP contribution in [0.4, 0.5) is 5.95 Å². The number of benzene rings is 2. The quantitative estimate of drug-likeness (QED) is 0.653. The molecule has 1 amide bonds. The summed E-state index contributed by atoms with van der Waals surface area (Å²) in [6.45, 7) is 4.81. The van der Waals surface area contributed by atoms with Gasteiger partial charge < -0.3 is 4.57 Å². The van der Waals surface area contributed by atoms with Gasteiger partial charge in [-0.1, -0.05) is 26.0 Å². The fourth-order valence-corrected chi connectivity index (χ4v) is 3.89. The molecule has 0 aliphatic rings. The normalized spacial score (nSPS) is 11.6. The van der Waals surface area contributed by atoms with E-state index in [0.29, 0.717) is 18.1 Å². The SMILES string of the molecule is CCCn1c(NC(=O)c2ccc(S(=O)(=O)NCC)cc2)nc2ccccc21. The lowest BCUT2D eigenvalue weighted by atomic mass is 10.2. The molecule has 0 atom stereocenters.